The molecule has 1 aliphatic heterocycles. The van der Waals surface area contributed by atoms with Crippen molar-refractivity contribution in [3.8, 4) is 22.4 Å². The third-order valence-corrected chi connectivity index (χ3v) is 9.87. The van der Waals surface area contributed by atoms with Crippen molar-refractivity contribution >= 4 is 55.4 Å². The fraction of sp³-hybridized carbons (Fsp3) is 0.0217. The highest BCUT2D eigenvalue weighted by atomic mass is 16.3. The topological polar surface area (TPSA) is 29.3 Å². The molecule has 3 heteroatoms. The van der Waals surface area contributed by atoms with E-state index in [1.807, 2.05) is 0 Å². The average molecular weight is 627 g/mol. The number of fused-ring (bicyclic) bond motifs is 7. The summed E-state index contributed by atoms with van der Waals surface area (Å²) in [4.78, 5) is 7.60. The van der Waals surface area contributed by atoms with Crippen molar-refractivity contribution in [3.05, 3.63) is 187 Å². The highest BCUT2D eigenvalue weighted by Crippen LogP contribution is 2.47. The Balaban J connectivity index is 1.11. The van der Waals surface area contributed by atoms with Crippen LogP contribution in [0.2, 0.25) is 0 Å². The van der Waals surface area contributed by atoms with Gasteiger partial charge in [0.25, 0.3) is 0 Å². The fourth-order valence-corrected chi connectivity index (χ4v) is 7.67. The maximum atomic E-state index is 6.64. The zero-order valence-corrected chi connectivity index (χ0v) is 26.6. The Hall–Kier alpha value is -6.45. The van der Waals surface area contributed by atoms with E-state index in [1.54, 1.807) is 0 Å². The van der Waals surface area contributed by atoms with Gasteiger partial charge in [-0.2, -0.15) is 0 Å². The van der Waals surface area contributed by atoms with Gasteiger partial charge < -0.3 is 9.32 Å². The zero-order chi connectivity index (χ0) is 32.3. The zero-order valence-electron chi connectivity index (χ0n) is 26.6. The van der Waals surface area contributed by atoms with E-state index in [0.29, 0.717) is 0 Å². The van der Waals surface area contributed by atoms with Gasteiger partial charge in [0, 0.05) is 44.7 Å². The second-order valence-electron chi connectivity index (χ2n) is 12.7. The second-order valence-corrected chi connectivity index (χ2v) is 12.7. The summed E-state index contributed by atoms with van der Waals surface area (Å²) in [5.41, 5.74) is 14.3. The van der Waals surface area contributed by atoms with E-state index in [2.05, 4.69) is 181 Å². The molecule has 2 aromatic heterocycles. The number of hydrogen-bond acceptors (Lipinski definition) is 3. The Labute approximate surface area is 284 Å². The minimum Gasteiger partial charge on any atom is -0.456 e. The summed E-state index contributed by atoms with van der Waals surface area (Å²) in [5, 5.41) is 3.30. The molecule has 2 aliphatic rings. The minimum absolute atomic E-state index is 0.0537. The molecule has 0 fully saturated rings. The molecule has 0 saturated heterocycles. The van der Waals surface area contributed by atoms with Crippen LogP contribution in [0, 0.1) is 0 Å². The molecule has 1 unspecified atom stereocenters. The van der Waals surface area contributed by atoms with E-state index in [9.17, 15) is 0 Å². The first kappa shape index (κ1) is 27.6. The number of pyridine rings is 1. The van der Waals surface area contributed by atoms with Crippen molar-refractivity contribution in [2.24, 2.45) is 0 Å². The van der Waals surface area contributed by atoms with Gasteiger partial charge in [-0.3, -0.25) is 0 Å². The number of rotatable bonds is 4. The number of aromatic nitrogens is 1. The van der Waals surface area contributed by atoms with Gasteiger partial charge in [0.2, 0.25) is 0 Å². The summed E-state index contributed by atoms with van der Waals surface area (Å²) >= 11 is 0. The van der Waals surface area contributed by atoms with Crippen molar-refractivity contribution < 1.29 is 4.42 Å². The first-order valence-corrected chi connectivity index (χ1v) is 16.8. The van der Waals surface area contributed by atoms with Crippen LogP contribution in [0.5, 0.6) is 0 Å². The van der Waals surface area contributed by atoms with Gasteiger partial charge in [-0.1, -0.05) is 127 Å². The van der Waals surface area contributed by atoms with Gasteiger partial charge in [-0.05, 0) is 70.3 Å². The lowest BCUT2D eigenvalue weighted by Crippen LogP contribution is -2.31. The largest absolute Gasteiger partial charge is 0.456 e. The molecule has 3 heterocycles. The Morgan fingerprint density at radius 3 is 2.18 bits per heavy atom. The molecule has 10 rings (SSSR count). The molecule has 230 valence electrons. The van der Waals surface area contributed by atoms with E-state index in [1.165, 1.54) is 39.1 Å². The summed E-state index contributed by atoms with van der Waals surface area (Å²) in [5.74, 6) is 0. The Kier molecular flexibility index (Phi) is 6.25. The lowest BCUT2D eigenvalue weighted by atomic mass is 9.87. The lowest BCUT2D eigenvalue weighted by molar-refractivity contribution is 0.669. The molecular formula is C46H30N2O. The first-order chi connectivity index (χ1) is 24.3. The molecule has 0 spiro atoms. The Morgan fingerprint density at radius 2 is 1.31 bits per heavy atom. The number of nitrogens with zero attached hydrogens (tertiary/aromatic N) is 2. The van der Waals surface area contributed by atoms with Crippen molar-refractivity contribution in [1.82, 2.24) is 4.98 Å². The molecule has 0 saturated carbocycles. The predicted molar refractivity (Wildman–Crippen MR) is 204 cm³/mol. The number of hydrogen-bond donors (Lipinski definition) is 0. The predicted octanol–water partition coefficient (Wildman–Crippen LogP) is 12.0. The van der Waals surface area contributed by atoms with Gasteiger partial charge in [0.05, 0.1) is 17.3 Å². The van der Waals surface area contributed by atoms with Crippen molar-refractivity contribution in [1.29, 1.82) is 0 Å². The van der Waals surface area contributed by atoms with Crippen molar-refractivity contribution in [3.63, 3.8) is 0 Å². The third-order valence-electron chi connectivity index (χ3n) is 9.87. The molecule has 1 aliphatic carbocycles. The molecule has 3 nitrogen and oxygen atoms in total. The number of allylic oxidation sites excluding steroid dienone is 4. The molecule has 1 atom stereocenters. The number of benzene rings is 6. The van der Waals surface area contributed by atoms with Crippen molar-refractivity contribution in [2.45, 2.75) is 6.04 Å². The lowest BCUT2D eigenvalue weighted by Gasteiger charge is -2.36. The van der Waals surface area contributed by atoms with Crippen LogP contribution in [0.1, 0.15) is 11.1 Å². The summed E-state index contributed by atoms with van der Waals surface area (Å²) in [6.45, 7) is 0. The molecule has 0 N–H and O–H groups in total. The van der Waals surface area contributed by atoms with Crippen LogP contribution in [0.25, 0.3) is 66.4 Å². The minimum atomic E-state index is 0.0537. The van der Waals surface area contributed by atoms with Crippen LogP contribution in [-0.4, -0.2) is 11.0 Å². The summed E-state index contributed by atoms with van der Waals surface area (Å²) in [7, 11) is 0. The Bertz CT molecular complexity index is 2660. The molecule has 8 aromatic rings. The van der Waals surface area contributed by atoms with Crippen LogP contribution in [-0.2, 0) is 0 Å². The van der Waals surface area contributed by atoms with Gasteiger partial charge in [-0.15, -0.1) is 0 Å². The Morgan fingerprint density at radius 1 is 0.551 bits per heavy atom. The molecule has 49 heavy (non-hydrogen) atoms. The number of para-hydroxylation sites is 2. The van der Waals surface area contributed by atoms with E-state index in [-0.39, 0.29) is 6.04 Å². The maximum Gasteiger partial charge on any atom is 0.137 e. The third kappa shape index (κ3) is 4.47. The van der Waals surface area contributed by atoms with E-state index in [4.69, 9.17) is 9.40 Å². The second kappa shape index (κ2) is 11.1. The van der Waals surface area contributed by atoms with E-state index in [0.717, 1.165) is 49.8 Å². The van der Waals surface area contributed by atoms with E-state index < -0.39 is 0 Å². The summed E-state index contributed by atoms with van der Waals surface area (Å²) in [6, 6.07) is 53.6. The van der Waals surface area contributed by atoms with Gasteiger partial charge in [0.1, 0.15) is 11.2 Å². The van der Waals surface area contributed by atoms with Gasteiger partial charge in [0.15, 0.2) is 0 Å². The number of furan rings is 1. The molecule has 2 bridgehead atoms. The fourth-order valence-electron chi connectivity index (χ4n) is 7.67. The van der Waals surface area contributed by atoms with Crippen LogP contribution >= 0.6 is 0 Å². The number of anilines is 2. The van der Waals surface area contributed by atoms with Gasteiger partial charge >= 0.3 is 0 Å². The summed E-state index contributed by atoms with van der Waals surface area (Å²) < 4.78 is 6.64. The van der Waals surface area contributed by atoms with Crippen LogP contribution < -0.4 is 4.90 Å². The summed E-state index contributed by atoms with van der Waals surface area (Å²) in [6.07, 6.45) is 9.11. The highest BCUT2D eigenvalue weighted by Gasteiger charge is 2.29. The van der Waals surface area contributed by atoms with Crippen LogP contribution in [0.3, 0.4) is 0 Å². The van der Waals surface area contributed by atoms with E-state index >= 15 is 0 Å². The quantitative estimate of drug-likeness (QED) is 0.195. The highest BCUT2D eigenvalue weighted by molar-refractivity contribution is 6.14. The molecular weight excluding hydrogens is 597 g/mol. The normalized spacial score (nSPS) is 15.3. The van der Waals surface area contributed by atoms with Crippen LogP contribution in [0.15, 0.2) is 180 Å². The molecule has 0 radical (unpaired) electrons. The molecule has 6 aromatic carbocycles. The standard InChI is InChI=1S/C46H30N2O/c1-3-13-30(14-4-1)34-20-11-17-32-27-40(34)36-19-8-10-23-43(36)48(32)33-25-26-38-45(28-33)49-44-24-12-21-37(46(38)44)42-29-39(31-15-5-2-6-16-31)35-18-7-9-22-41(35)47-42/h1-29,32H. The first-order valence-electron chi connectivity index (χ1n) is 16.8. The maximum absolute atomic E-state index is 6.64. The van der Waals surface area contributed by atoms with Crippen molar-refractivity contribution in [2.75, 3.05) is 4.90 Å². The monoisotopic (exact) mass is 626 g/mol. The SMILES string of the molecule is C1=CC2C=C(C(c3ccccc3)=C1)c1ccccc1N2c1ccc2c(c1)oc1cccc(-c3cc(-c4ccccc4)c4ccccc4n3)c12. The molecule has 0 amide bonds. The smallest absolute Gasteiger partial charge is 0.137 e. The van der Waals surface area contributed by atoms with Crippen LogP contribution in [0.4, 0.5) is 11.4 Å². The average Bonchev–Trinajstić information content (AvgIpc) is 3.44. The van der Waals surface area contributed by atoms with Gasteiger partial charge in [-0.25, -0.2) is 4.98 Å².